The van der Waals surface area contributed by atoms with Crippen LogP contribution < -0.4 is 4.90 Å². The van der Waals surface area contributed by atoms with Crippen molar-refractivity contribution >= 4 is 28.9 Å². The maximum Gasteiger partial charge on any atom is 0.175 e. The van der Waals surface area contributed by atoms with Crippen molar-refractivity contribution in [3.63, 3.8) is 0 Å². The Hall–Kier alpha value is -0.580. The van der Waals surface area contributed by atoms with Gasteiger partial charge >= 0.3 is 0 Å². The molecule has 4 nitrogen and oxygen atoms in total. The molecule has 0 saturated carbocycles. The summed E-state index contributed by atoms with van der Waals surface area (Å²) in [6, 6.07) is 1.78. The van der Waals surface area contributed by atoms with Crippen molar-refractivity contribution in [2.75, 3.05) is 31.6 Å². The molecule has 6 heteroatoms. The van der Waals surface area contributed by atoms with Crippen LogP contribution in [0.5, 0.6) is 0 Å². The lowest BCUT2D eigenvalue weighted by atomic mass is 9.99. The van der Waals surface area contributed by atoms with Gasteiger partial charge in [0.15, 0.2) is 10.3 Å². The van der Waals surface area contributed by atoms with Gasteiger partial charge in [-0.1, -0.05) is 23.2 Å². The van der Waals surface area contributed by atoms with Gasteiger partial charge in [0, 0.05) is 31.2 Å². The minimum atomic E-state index is 0.108. The van der Waals surface area contributed by atoms with E-state index >= 15 is 0 Å². The minimum absolute atomic E-state index is 0.108. The molecular weight excluding hydrogens is 259 g/mol. The number of rotatable bonds is 1. The first-order valence-electron chi connectivity index (χ1n) is 5.55. The lowest BCUT2D eigenvalue weighted by Gasteiger charge is -2.46. The van der Waals surface area contributed by atoms with Crippen LogP contribution in [0.3, 0.4) is 0 Å². The average molecular weight is 275 g/mol. The fourth-order valence-corrected chi connectivity index (χ4v) is 2.36. The number of anilines is 1. The fraction of sp³-hybridized carbons (Fsp3) is 0.636. The summed E-state index contributed by atoms with van der Waals surface area (Å²) in [4.78, 5) is 4.55. The Morgan fingerprint density at radius 3 is 2.59 bits per heavy atom. The number of piperazine rings is 1. The number of hydrogen-bond donors (Lipinski definition) is 0. The zero-order valence-electron chi connectivity index (χ0n) is 10.2. The summed E-state index contributed by atoms with van der Waals surface area (Å²) in [6.45, 7) is 7.22. The molecule has 2 heterocycles. The minimum Gasteiger partial charge on any atom is -0.366 e. The van der Waals surface area contributed by atoms with E-state index in [1.807, 2.05) is 0 Å². The van der Waals surface area contributed by atoms with Crippen LogP contribution in [0, 0.1) is 0 Å². The second kappa shape index (κ2) is 4.59. The summed E-state index contributed by atoms with van der Waals surface area (Å²) < 4.78 is 0. The van der Waals surface area contributed by atoms with Crippen LogP contribution in [0.1, 0.15) is 13.8 Å². The molecule has 94 valence electrons. The molecule has 0 spiro atoms. The van der Waals surface area contributed by atoms with E-state index in [1.165, 1.54) is 0 Å². The topological polar surface area (TPSA) is 32.3 Å². The van der Waals surface area contributed by atoms with Crippen molar-refractivity contribution in [3.8, 4) is 0 Å². The number of likely N-dealkylation sites (N-methyl/N-ethyl adjacent to an activating group) is 1. The molecule has 0 aromatic carbocycles. The third kappa shape index (κ3) is 2.64. The lowest BCUT2D eigenvalue weighted by molar-refractivity contribution is 0.139. The molecule has 1 aromatic rings. The highest BCUT2D eigenvalue weighted by molar-refractivity contribution is 6.33. The zero-order valence-corrected chi connectivity index (χ0v) is 11.8. The number of nitrogens with zero attached hydrogens (tertiary/aromatic N) is 4. The third-order valence-corrected chi connectivity index (χ3v) is 3.81. The molecule has 0 bridgehead atoms. The summed E-state index contributed by atoms with van der Waals surface area (Å²) in [6.07, 6.45) is 0. The standard InChI is InChI=1S/C11H16Cl2N4/c1-11(2)7-17(5-4-16(11)3)8-6-9(12)14-15-10(8)13/h6H,4-5,7H2,1-3H3. The number of halogens is 2. The molecule has 1 fully saturated rings. The third-order valence-electron chi connectivity index (χ3n) is 3.36. The molecule has 1 saturated heterocycles. The molecule has 17 heavy (non-hydrogen) atoms. The van der Waals surface area contributed by atoms with Crippen LogP contribution in [0.25, 0.3) is 0 Å². The highest BCUT2D eigenvalue weighted by atomic mass is 35.5. The van der Waals surface area contributed by atoms with E-state index in [0.29, 0.717) is 10.3 Å². The van der Waals surface area contributed by atoms with Gasteiger partial charge in [0.2, 0.25) is 0 Å². The molecule has 1 aromatic heterocycles. The lowest BCUT2D eigenvalue weighted by Crippen LogP contribution is -2.57. The van der Waals surface area contributed by atoms with Gasteiger partial charge < -0.3 is 4.90 Å². The van der Waals surface area contributed by atoms with Crippen molar-refractivity contribution in [3.05, 3.63) is 16.4 Å². The molecule has 0 N–H and O–H groups in total. The first-order valence-corrected chi connectivity index (χ1v) is 6.31. The van der Waals surface area contributed by atoms with Crippen LogP contribution in [0.15, 0.2) is 6.07 Å². The Morgan fingerprint density at radius 2 is 1.94 bits per heavy atom. The van der Waals surface area contributed by atoms with E-state index in [9.17, 15) is 0 Å². The smallest absolute Gasteiger partial charge is 0.175 e. The van der Waals surface area contributed by atoms with Gasteiger partial charge in [0.05, 0.1) is 5.69 Å². The molecule has 0 radical (unpaired) electrons. The van der Waals surface area contributed by atoms with Crippen LogP contribution in [0.2, 0.25) is 10.3 Å². The molecule has 0 unspecified atom stereocenters. The van der Waals surface area contributed by atoms with Crippen molar-refractivity contribution < 1.29 is 0 Å². The monoisotopic (exact) mass is 274 g/mol. The van der Waals surface area contributed by atoms with Gasteiger partial charge in [0.25, 0.3) is 0 Å². The maximum atomic E-state index is 6.07. The highest BCUT2D eigenvalue weighted by Crippen LogP contribution is 2.29. The van der Waals surface area contributed by atoms with Crippen LogP contribution in [0.4, 0.5) is 5.69 Å². The summed E-state index contributed by atoms with van der Waals surface area (Å²) in [5.41, 5.74) is 0.977. The van der Waals surface area contributed by atoms with E-state index in [2.05, 4.69) is 40.9 Å². The van der Waals surface area contributed by atoms with E-state index in [0.717, 1.165) is 25.3 Å². The van der Waals surface area contributed by atoms with Crippen molar-refractivity contribution in [1.82, 2.24) is 15.1 Å². The Bertz CT molecular complexity index is 422. The van der Waals surface area contributed by atoms with Crippen LogP contribution in [-0.4, -0.2) is 47.3 Å². The quantitative estimate of drug-likeness (QED) is 0.787. The number of hydrogen-bond acceptors (Lipinski definition) is 4. The van der Waals surface area contributed by atoms with E-state index in [-0.39, 0.29) is 5.54 Å². The Morgan fingerprint density at radius 1 is 1.24 bits per heavy atom. The van der Waals surface area contributed by atoms with Gasteiger partial charge in [-0.2, -0.15) is 0 Å². The second-order valence-electron chi connectivity index (χ2n) is 5.00. The van der Waals surface area contributed by atoms with Crippen molar-refractivity contribution in [2.24, 2.45) is 0 Å². The summed E-state index contributed by atoms with van der Waals surface area (Å²) >= 11 is 11.9. The van der Waals surface area contributed by atoms with Crippen molar-refractivity contribution in [1.29, 1.82) is 0 Å². The highest BCUT2D eigenvalue weighted by Gasteiger charge is 2.32. The fourth-order valence-electron chi connectivity index (χ4n) is 2.01. The maximum absolute atomic E-state index is 6.07. The zero-order chi connectivity index (χ0) is 12.6. The predicted octanol–water partition coefficient (Wildman–Crippen LogP) is 2.31. The average Bonchev–Trinajstić information content (AvgIpc) is 2.25. The second-order valence-corrected chi connectivity index (χ2v) is 5.74. The molecule has 1 aliphatic heterocycles. The first-order chi connectivity index (χ1) is 7.90. The predicted molar refractivity (Wildman–Crippen MR) is 71.0 cm³/mol. The van der Waals surface area contributed by atoms with E-state index < -0.39 is 0 Å². The summed E-state index contributed by atoms with van der Waals surface area (Å²) in [5, 5.41) is 8.37. The molecule has 1 aliphatic rings. The van der Waals surface area contributed by atoms with Crippen molar-refractivity contribution in [2.45, 2.75) is 19.4 Å². The first kappa shape index (κ1) is 12.9. The van der Waals surface area contributed by atoms with Gasteiger partial charge in [0.1, 0.15) is 0 Å². The SMILES string of the molecule is CN1CCN(c2cc(Cl)nnc2Cl)CC1(C)C. The van der Waals surface area contributed by atoms with Gasteiger partial charge in [-0.3, -0.25) is 4.90 Å². The molecular formula is C11H16Cl2N4. The summed E-state index contributed by atoms with van der Waals surface area (Å²) in [5.74, 6) is 0. The molecule has 0 atom stereocenters. The largest absolute Gasteiger partial charge is 0.366 e. The van der Waals surface area contributed by atoms with E-state index in [4.69, 9.17) is 23.2 Å². The van der Waals surface area contributed by atoms with Crippen LogP contribution >= 0.6 is 23.2 Å². The Kier molecular flexibility index (Phi) is 3.48. The number of aromatic nitrogens is 2. The Balaban J connectivity index is 2.26. The van der Waals surface area contributed by atoms with Gasteiger partial charge in [-0.25, -0.2) is 0 Å². The molecule has 2 rings (SSSR count). The van der Waals surface area contributed by atoms with Gasteiger partial charge in [-0.15, -0.1) is 10.2 Å². The van der Waals surface area contributed by atoms with Crippen LogP contribution in [-0.2, 0) is 0 Å². The Labute approximate surface area is 112 Å². The van der Waals surface area contributed by atoms with Gasteiger partial charge in [-0.05, 0) is 20.9 Å². The normalized spacial score (nSPS) is 20.6. The van der Waals surface area contributed by atoms with E-state index in [1.54, 1.807) is 6.07 Å². The summed E-state index contributed by atoms with van der Waals surface area (Å²) in [7, 11) is 2.14. The molecule has 0 amide bonds. The molecule has 0 aliphatic carbocycles.